The maximum Gasteiger partial charge on any atom is 0.168 e. The number of nitrogens with zero attached hydrogens (tertiary/aromatic N) is 2. The van der Waals surface area contributed by atoms with Gasteiger partial charge in [-0.3, -0.25) is 0 Å². The Labute approximate surface area is 129 Å². The van der Waals surface area contributed by atoms with Gasteiger partial charge in [0.25, 0.3) is 0 Å². The van der Waals surface area contributed by atoms with Gasteiger partial charge in [-0.05, 0) is 23.6 Å². The van der Waals surface area contributed by atoms with Crippen molar-refractivity contribution in [1.29, 1.82) is 0 Å². The molecule has 5 heteroatoms. The SMILES string of the molecule is COc1ccc(C(C)C)cc1-c1nc2n(c1CO)CCS2. The zero-order valence-electron chi connectivity index (χ0n) is 12.6. The molecule has 1 N–H and O–H groups in total. The monoisotopic (exact) mass is 304 g/mol. The molecule has 3 rings (SSSR count). The van der Waals surface area contributed by atoms with Gasteiger partial charge >= 0.3 is 0 Å². The molecule has 0 radical (unpaired) electrons. The second kappa shape index (κ2) is 5.73. The van der Waals surface area contributed by atoms with Crippen LogP contribution in [0.25, 0.3) is 11.3 Å². The lowest BCUT2D eigenvalue weighted by molar-refractivity contribution is 0.271. The van der Waals surface area contributed by atoms with Crippen LogP contribution in [0.3, 0.4) is 0 Å². The maximum atomic E-state index is 9.76. The summed E-state index contributed by atoms with van der Waals surface area (Å²) in [6.07, 6.45) is 0. The van der Waals surface area contributed by atoms with Gasteiger partial charge in [-0.2, -0.15) is 0 Å². The molecule has 0 amide bonds. The van der Waals surface area contributed by atoms with Crippen LogP contribution >= 0.6 is 11.8 Å². The van der Waals surface area contributed by atoms with Gasteiger partial charge in [-0.15, -0.1) is 0 Å². The molecule has 1 aliphatic rings. The number of hydrogen-bond acceptors (Lipinski definition) is 4. The van der Waals surface area contributed by atoms with Crippen molar-refractivity contribution in [3.8, 4) is 17.0 Å². The zero-order chi connectivity index (χ0) is 15.0. The molecule has 0 fully saturated rings. The summed E-state index contributed by atoms with van der Waals surface area (Å²) in [7, 11) is 1.67. The molecule has 112 valence electrons. The molecule has 0 unspecified atom stereocenters. The van der Waals surface area contributed by atoms with Gasteiger partial charge in [0, 0.05) is 17.9 Å². The molecule has 0 saturated carbocycles. The van der Waals surface area contributed by atoms with Crippen molar-refractivity contribution in [2.24, 2.45) is 0 Å². The second-order valence-electron chi connectivity index (χ2n) is 5.46. The van der Waals surface area contributed by atoms with Gasteiger partial charge in [-0.25, -0.2) is 4.98 Å². The largest absolute Gasteiger partial charge is 0.496 e. The Hall–Kier alpha value is -1.46. The van der Waals surface area contributed by atoms with Gasteiger partial charge in [-0.1, -0.05) is 31.7 Å². The number of fused-ring (bicyclic) bond motifs is 1. The number of aromatic nitrogens is 2. The first-order valence-electron chi connectivity index (χ1n) is 7.17. The summed E-state index contributed by atoms with van der Waals surface area (Å²) in [6, 6.07) is 6.21. The van der Waals surface area contributed by atoms with Crippen LogP contribution < -0.4 is 4.74 Å². The standard InChI is InChI=1S/C16H20N2O2S/c1-10(2)11-4-5-14(20-3)12(8-11)15-13(9-19)18-6-7-21-16(18)17-15/h4-5,8,10,19H,6-7,9H2,1-3H3. The minimum Gasteiger partial charge on any atom is -0.496 e. The van der Waals surface area contributed by atoms with Gasteiger partial charge in [0.1, 0.15) is 5.75 Å². The highest BCUT2D eigenvalue weighted by Gasteiger charge is 2.24. The van der Waals surface area contributed by atoms with Crippen LogP contribution in [0.2, 0.25) is 0 Å². The number of thioether (sulfide) groups is 1. The van der Waals surface area contributed by atoms with Crippen molar-refractivity contribution in [2.75, 3.05) is 12.9 Å². The summed E-state index contributed by atoms with van der Waals surface area (Å²) in [4.78, 5) is 4.73. The highest BCUT2D eigenvalue weighted by molar-refractivity contribution is 7.99. The van der Waals surface area contributed by atoms with Crippen molar-refractivity contribution in [2.45, 2.75) is 38.1 Å². The lowest BCUT2D eigenvalue weighted by Crippen LogP contribution is -2.02. The Morgan fingerprint density at radius 1 is 1.43 bits per heavy atom. The van der Waals surface area contributed by atoms with Crippen molar-refractivity contribution in [3.63, 3.8) is 0 Å². The van der Waals surface area contributed by atoms with E-state index >= 15 is 0 Å². The fourth-order valence-corrected chi connectivity index (χ4v) is 3.65. The summed E-state index contributed by atoms with van der Waals surface area (Å²) in [5.41, 5.74) is 3.94. The first-order chi connectivity index (χ1) is 10.2. The van der Waals surface area contributed by atoms with Gasteiger partial charge in [0.15, 0.2) is 5.16 Å². The Morgan fingerprint density at radius 3 is 2.90 bits per heavy atom. The summed E-state index contributed by atoms with van der Waals surface area (Å²) >= 11 is 1.74. The molecule has 0 saturated heterocycles. The van der Waals surface area contributed by atoms with Crippen molar-refractivity contribution in [1.82, 2.24) is 9.55 Å². The molecule has 2 heterocycles. The van der Waals surface area contributed by atoms with E-state index in [4.69, 9.17) is 9.72 Å². The van der Waals surface area contributed by atoms with Gasteiger partial charge in [0.05, 0.1) is 25.1 Å². The zero-order valence-corrected chi connectivity index (χ0v) is 13.4. The smallest absolute Gasteiger partial charge is 0.168 e. The summed E-state index contributed by atoms with van der Waals surface area (Å²) in [6.45, 7) is 5.25. The molecule has 0 atom stereocenters. The topological polar surface area (TPSA) is 47.3 Å². The van der Waals surface area contributed by atoms with E-state index in [2.05, 4.69) is 30.5 Å². The molecule has 0 bridgehead atoms. The highest BCUT2D eigenvalue weighted by Crippen LogP contribution is 2.38. The minimum atomic E-state index is -0.00203. The third kappa shape index (κ3) is 2.45. The molecular weight excluding hydrogens is 284 g/mol. The lowest BCUT2D eigenvalue weighted by Gasteiger charge is -2.13. The quantitative estimate of drug-likeness (QED) is 0.941. The predicted molar refractivity (Wildman–Crippen MR) is 85.0 cm³/mol. The Kier molecular flexibility index (Phi) is 3.95. The summed E-state index contributed by atoms with van der Waals surface area (Å²) in [5.74, 6) is 2.27. The first-order valence-corrected chi connectivity index (χ1v) is 8.15. The Bertz CT molecular complexity index is 665. The summed E-state index contributed by atoms with van der Waals surface area (Å²) < 4.78 is 7.61. The molecule has 1 aliphatic heterocycles. The number of ether oxygens (including phenoxy) is 1. The lowest BCUT2D eigenvalue weighted by atomic mass is 9.98. The normalized spacial score (nSPS) is 13.8. The van der Waals surface area contributed by atoms with E-state index in [-0.39, 0.29) is 6.61 Å². The molecule has 1 aromatic carbocycles. The number of methoxy groups -OCH3 is 1. The van der Waals surface area contributed by atoms with E-state index in [1.54, 1.807) is 18.9 Å². The highest BCUT2D eigenvalue weighted by atomic mass is 32.2. The molecule has 21 heavy (non-hydrogen) atoms. The number of aliphatic hydroxyl groups excluding tert-OH is 1. The fourth-order valence-electron chi connectivity index (χ4n) is 2.68. The fraction of sp³-hybridized carbons (Fsp3) is 0.438. The van der Waals surface area contributed by atoms with Crippen LogP contribution in [0.1, 0.15) is 31.0 Å². The molecule has 2 aromatic rings. The van der Waals surface area contributed by atoms with Crippen LogP contribution in [0.4, 0.5) is 0 Å². The number of imidazole rings is 1. The average Bonchev–Trinajstić information content (AvgIpc) is 3.06. The number of rotatable bonds is 4. The van der Waals surface area contributed by atoms with Crippen LogP contribution in [0, 0.1) is 0 Å². The molecule has 0 aliphatic carbocycles. The van der Waals surface area contributed by atoms with Crippen LogP contribution in [-0.4, -0.2) is 27.5 Å². The molecule has 4 nitrogen and oxygen atoms in total. The maximum absolute atomic E-state index is 9.76. The minimum absolute atomic E-state index is 0.00203. The van der Waals surface area contributed by atoms with Crippen molar-refractivity contribution < 1.29 is 9.84 Å². The van der Waals surface area contributed by atoms with Gasteiger partial charge < -0.3 is 14.4 Å². The summed E-state index contributed by atoms with van der Waals surface area (Å²) in [5, 5.41) is 10.8. The van der Waals surface area contributed by atoms with Crippen LogP contribution in [0.5, 0.6) is 5.75 Å². The van der Waals surface area contributed by atoms with E-state index in [1.807, 2.05) is 6.07 Å². The Balaban J connectivity index is 2.17. The van der Waals surface area contributed by atoms with Crippen molar-refractivity contribution in [3.05, 3.63) is 29.5 Å². The number of benzene rings is 1. The van der Waals surface area contributed by atoms with E-state index in [0.29, 0.717) is 5.92 Å². The van der Waals surface area contributed by atoms with Crippen molar-refractivity contribution >= 4 is 11.8 Å². The second-order valence-corrected chi connectivity index (χ2v) is 6.52. The molecule has 0 spiro atoms. The number of aliphatic hydroxyl groups is 1. The van der Waals surface area contributed by atoms with E-state index in [1.165, 1.54) is 5.56 Å². The first kappa shape index (κ1) is 14.5. The average molecular weight is 304 g/mol. The van der Waals surface area contributed by atoms with Crippen LogP contribution in [0.15, 0.2) is 23.4 Å². The van der Waals surface area contributed by atoms with E-state index in [0.717, 1.165) is 40.2 Å². The van der Waals surface area contributed by atoms with Crippen LogP contribution in [-0.2, 0) is 13.2 Å². The van der Waals surface area contributed by atoms with E-state index in [9.17, 15) is 5.11 Å². The molecule has 1 aromatic heterocycles. The number of hydrogen-bond donors (Lipinski definition) is 1. The predicted octanol–water partition coefficient (Wildman–Crippen LogP) is 3.28. The Morgan fingerprint density at radius 2 is 2.24 bits per heavy atom. The van der Waals surface area contributed by atoms with Gasteiger partial charge in [0.2, 0.25) is 0 Å². The third-order valence-corrected chi connectivity index (χ3v) is 4.84. The third-order valence-electron chi connectivity index (χ3n) is 3.88. The van der Waals surface area contributed by atoms with E-state index < -0.39 is 0 Å². The molecular formula is C16H20N2O2S.